The Labute approximate surface area is 121 Å². The van der Waals surface area contributed by atoms with Gasteiger partial charge in [-0.1, -0.05) is 25.7 Å². The van der Waals surface area contributed by atoms with Gasteiger partial charge in [0, 0.05) is 6.04 Å². The minimum Gasteiger partial charge on any atom is -0.374 e. The number of hydrogen-bond acceptors (Lipinski definition) is 4. The molecule has 0 aromatic carbocycles. The first-order valence-corrected chi connectivity index (χ1v) is 9.26. The average molecular weight is 303 g/mol. The molecule has 116 valence electrons. The zero-order chi connectivity index (χ0) is 14.4. The number of aliphatic imine (C=N–C) groups is 1. The van der Waals surface area contributed by atoms with Crippen molar-refractivity contribution in [2.75, 3.05) is 24.7 Å². The molecule has 7 heteroatoms. The van der Waals surface area contributed by atoms with E-state index in [1.165, 1.54) is 25.7 Å². The zero-order valence-corrected chi connectivity index (χ0v) is 12.7. The maximum atomic E-state index is 11.5. The smallest absolute Gasteiger partial charge is 0.188 e. The van der Waals surface area contributed by atoms with Crippen molar-refractivity contribution in [1.82, 2.24) is 5.32 Å². The monoisotopic (exact) mass is 303 g/mol. The van der Waals surface area contributed by atoms with Gasteiger partial charge in [0.15, 0.2) is 15.8 Å². The minimum absolute atomic E-state index is 0.0488. The molecule has 2 fully saturated rings. The van der Waals surface area contributed by atoms with Crippen LogP contribution in [-0.4, -0.2) is 51.2 Å². The normalized spacial score (nSPS) is 28.8. The van der Waals surface area contributed by atoms with Crippen LogP contribution in [0.4, 0.5) is 0 Å². The van der Waals surface area contributed by atoms with Crippen LogP contribution in [0.25, 0.3) is 0 Å². The van der Waals surface area contributed by atoms with Gasteiger partial charge in [0.2, 0.25) is 0 Å². The zero-order valence-electron chi connectivity index (χ0n) is 11.9. The van der Waals surface area contributed by atoms with E-state index in [1.807, 2.05) is 0 Å². The van der Waals surface area contributed by atoms with Crippen LogP contribution in [0.3, 0.4) is 0 Å². The van der Waals surface area contributed by atoms with E-state index in [4.69, 9.17) is 10.5 Å². The highest BCUT2D eigenvalue weighted by Gasteiger charge is 2.25. The van der Waals surface area contributed by atoms with Gasteiger partial charge in [-0.05, 0) is 12.8 Å². The van der Waals surface area contributed by atoms with Gasteiger partial charge in [0.1, 0.15) is 0 Å². The molecular weight excluding hydrogens is 278 g/mol. The van der Waals surface area contributed by atoms with Gasteiger partial charge in [-0.25, -0.2) is 8.42 Å². The lowest BCUT2D eigenvalue weighted by Crippen LogP contribution is -2.41. The van der Waals surface area contributed by atoms with E-state index in [1.54, 1.807) is 0 Å². The summed E-state index contributed by atoms with van der Waals surface area (Å²) < 4.78 is 28.4. The highest BCUT2D eigenvalue weighted by Crippen LogP contribution is 2.17. The van der Waals surface area contributed by atoms with Gasteiger partial charge in [-0.3, -0.25) is 4.99 Å². The van der Waals surface area contributed by atoms with Crippen LogP contribution in [0, 0.1) is 0 Å². The molecule has 1 atom stereocenters. The average Bonchev–Trinajstić information content (AvgIpc) is 2.64. The quantitative estimate of drug-likeness (QED) is 0.448. The van der Waals surface area contributed by atoms with E-state index >= 15 is 0 Å². The lowest BCUT2D eigenvalue weighted by molar-refractivity contribution is 0.0782. The van der Waals surface area contributed by atoms with E-state index in [2.05, 4.69) is 10.3 Å². The van der Waals surface area contributed by atoms with Gasteiger partial charge in [-0.15, -0.1) is 0 Å². The van der Waals surface area contributed by atoms with Crippen LogP contribution in [-0.2, 0) is 14.6 Å². The van der Waals surface area contributed by atoms with E-state index in [-0.39, 0.29) is 24.2 Å². The molecule has 0 spiro atoms. The van der Waals surface area contributed by atoms with Gasteiger partial charge in [-0.2, -0.15) is 0 Å². The summed E-state index contributed by atoms with van der Waals surface area (Å²) >= 11 is 0. The molecule has 1 saturated carbocycles. The van der Waals surface area contributed by atoms with Crippen molar-refractivity contribution in [3.8, 4) is 0 Å². The highest BCUT2D eigenvalue weighted by molar-refractivity contribution is 7.91. The molecular formula is C13H25N3O3S. The summed E-state index contributed by atoms with van der Waals surface area (Å²) in [6.45, 7) is 0.573. The number of hydrogen-bond donors (Lipinski definition) is 2. The maximum Gasteiger partial charge on any atom is 0.188 e. The second kappa shape index (κ2) is 7.26. The molecule has 0 amide bonds. The lowest BCUT2D eigenvalue weighted by Gasteiger charge is -2.22. The molecule has 0 aromatic rings. The topological polar surface area (TPSA) is 93.8 Å². The SMILES string of the molecule is NC(=NCC1CS(=O)(=O)CCO1)NC1CCCCCC1. The van der Waals surface area contributed by atoms with Gasteiger partial charge >= 0.3 is 0 Å². The van der Waals surface area contributed by atoms with E-state index in [0.29, 0.717) is 18.5 Å². The molecule has 0 radical (unpaired) electrons. The predicted octanol–water partition coefficient (Wildman–Crippen LogP) is 0.427. The van der Waals surface area contributed by atoms with Crippen molar-refractivity contribution < 1.29 is 13.2 Å². The first-order valence-electron chi connectivity index (χ1n) is 7.44. The van der Waals surface area contributed by atoms with Crippen LogP contribution < -0.4 is 11.1 Å². The number of nitrogens with zero attached hydrogens (tertiary/aromatic N) is 1. The Morgan fingerprint density at radius 1 is 1.25 bits per heavy atom. The standard InChI is InChI=1S/C13H25N3O3S/c14-13(16-11-5-3-1-2-4-6-11)15-9-12-10-20(17,18)8-7-19-12/h11-12H,1-10H2,(H3,14,15,16). The first-order chi connectivity index (χ1) is 9.55. The van der Waals surface area contributed by atoms with Crippen LogP contribution in [0.1, 0.15) is 38.5 Å². The Hall–Kier alpha value is -0.820. The third-order valence-electron chi connectivity index (χ3n) is 3.86. The van der Waals surface area contributed by atoms with Crippen LogP contribution in [0.2, 0.25) is 0 Å². The van der Waals surface area contributed by atoms with Gasteiger partial charge in [0.25, 0.3) is 0 Å². The van der Waals surface area contributed by atoms with Crippen molar-refractivity contribution in [2.45, 2.75) is 50.7 Å². The summed E-state index contributed by atoms with van der Waals surface area (Å²) in [4.78, 5) is 4.23. The van der Waals surface area contributed by atoms with Crippen molar-refractivity contribution in [1.29, 1.82) is 0 Å². The molecule has 1 aliphatic carbocycles. The van der Waals surface area contributed by atoms with Crippen molar-refractivity contribution in [3.05, 3.63) is 0 Å². The van der Waals surface area contributed by atoms with E-state index < -0.39 is 9.84 Å². The molecule has 1 unspecified atom stereocenters. The highest BCUT2D eigenvalue weighted by atomic mass is 32.2. The second-order valence-corrected chi connectivity index (χ2v) is 7.89. The summed E-state index contributed by atoms with van der Waals surface area (Å²) in [5.74, 6) is 0.569. The number of guanidine groups is 1. The number of sulfone groups is 1. The van der Waals surface area contributed by atoms with Gasteiger partial charge < -0.3 is 15.8 Å². The maximum absolute atomic E-state index is 11.5. The Kier molecular flexibility index (Phi) is 5.65. The summed E-state index contributed by atoms with van der Waals surface area (Å²) in [7, 11) is -2.97. The first kappa shape index (κ1) is 15.6. The third kappa shape index (κ3) is 5.28. The van der Waals surface area contributed by atoms with Crippen molar-refractivity contribution in [3.63, 3.8) is 0 Å². The molecule has 1 saturated heterocycles. The van der Waals surface area contributed by atoms with Crippen molar-refractivity contribution >= 4 is 15.8 Å². The largest absolute Gasteiger partial charge is 0.374 e. The molecule has 3 N–H and O–H groups in total. The number of nitrogens with one attached hydrogen (secondary N) is 1. The Morgan fingerprint density at radius 3 is 2.60 bits per heavy atom. The fourth-order valence-electron chi connectivity index (χ4n) is 2.74. The van der Waals surface area contributed by atoms with Gasteiger partial charge in [0.05, 0.1) is 30.8 Å². The molecule has 2 rings (SSSR count). The van der Waals surface area contributed by atoms with E-state index in [9.17, 15) is 8.42 Å². The molecule has 20 heavy (non-hydrogen) atoms. The Balaban J connectivity index is 1.78. The van der Waals surface area contributed by atoms with E-state index in [0.717, 1.165) is 12.8 Å². The summed E-state index contributed by atoms with van der Waals surface area (Å²) in [5.41, 5.74) is 5.87. The number of rotatable bonds is 3. The van der Waals surface area contributed by atoms with Crippen LogP contribution >= 0.6 is 0 Å². The third-order valence-corrected chi connectivity index (χ3v) is 5.53. The minimum atomic E-state index is -2.97. The molecule has 0 bridgehead atoms. The summed E-state index contributed by atoms with van der Waals surface area (Å²) in [6.07, 6.45) is 6.95. The Morgan fingerprint density at radius 2 is 1.95 bits per heavy atom. The Bertz CT molecular complexity index is 428. The molecule has 0 aromatic heterocycles. The summed E-state index contributed by atoms with van der Waals surface area (Å²) in [6, 6.07) is 0.400. The molecule has 6 nitrogen and oxygen atoms in total. The summed E-state index contributed by atoms with van der Waals surface area (Å²) in [5, 5.41) is 3.24. The van der Waals surface area contributed by atoms with Crippen LogP contribution in [0.15, 0.2) is 4.99 Å². The van der Waals surface area contributed by atoms with Crippen LogP contribution in [0.5, 0.6) is 0 Å². The molecule has 1 aliphatic heterocycles. The number of ether oxygens (including phenoxy) is 1. The predicted molar refractivity (Wildman–Crippen MR) is 79.5 cm³/mol. The number of nitrogens with two attached hydrogens (primary N) is 1. The second-order valence-electron chi connectivity index (χ2n) is 5.67. The fraction of sp³-hybridized carbons (Fsp3) is 0.923. The fourth-order valence-corrected chi connectivity index (χ4v) is 4.03. The van der Waals surface area contributed by atoms with Crippen molar-refractivity contribution in [2.24, 2.45) is 10.7 Å². The molecule has 1 heterocycles. The lowest BCUT2D eigenvalue weighted by atomic mass is 10.1. The molecule has 2 aliphatic rings.